The molecule has 0 saturated carbocycles. The maximum Gasteiger partial charge on any atom is 0.328 e. The molecule has 0 spiro atoms. The van der Waals surface area contributed by atoms with Crippen LogP contribution in [0, 0.1) is 0 Å². The highest BCUT2D eigenvalue weighted by atomic mass is 16.5. The maximum atomic E-state index is 11.5. The molecule has 1 aromatic carbocycles. The lowest BCUT2D eigenvalue weighted by molar-refractivity contribution is -0.131. The maximum absolute atomic E-state index is 11.5. The molecule has 1 atom stereocenters. The van der Waals surface area contributed by atoms with Gasteiger partial charge < -0.3 is 19.9 Å². The summed E-state index contributed by atoms with van der Waals surface area (Å²) in [5, 5.41) is 11.1. The number of hydrogen-bond acceptors (Lipinski definition) is 4. The van der Waals surface area contributed by atoms with Gasteiger partial charge in [-0.3, -0.25) is 4.79 Å². The minimum absolute atomic E-state index is 0.291. The van der Waals surface area contributed by atoms with Gasteiger partial charge in [-0.05, 0) is 24.6 Å². The molecule has 0 aliphatic heterocycles. The van der Waals surface area contributed by atoms with Crippen LogP contribution in [0.1, 0.15) is 18.5 Å². The molecule has 1 aromatic rings. The van der Waals surface area contributed by atoms with Crippen molar-refractivity contribution in [2.45, 2.75) is 13.0 Å². The van der Waals surface area contributed by atoms with E-state index in [-0.39, 0.29) is 6.04 Å². The van der Waals surface area contributed by atoms with Gasteiger partial charge in [0.2, 0.25) is 5.91 Å². The Morgan fingerprint density at radius 1 is 1.20 bits per heavy atom. The van der Waals surface area contributed by atoms with Crippen LogP contribution in [0.4, 0.5) is 0 Å². The number of carbonyl (C=O) groups excluding carboxylic acids is 1. The van der Waals surface area contributed by atoms with E-state index in [0.29, 0.717) is 11.5 Å². The largest absolute Gasteiger partial charge is 0.493 e. The summed E-state index contributed by atoms with van der Waals surface area (Å²) in [6.07, 6.45) is 1.76. The quantitative estimate of drug-likeness (QED) is 0.771. The number of carboxylic acid groups (broad SMARTS) is 1. The van der Waals surface area contributed by atoms with Crippen LogP contribution in [0.25, 0.3) is 0 Å². The number of benzene rings is 1. The molecule has 1 unspecified atom stereocenters. The second-order valence-corrected chi connectivity index (χ2v) is 4.02. The third-order valence-corrected chi connectivity index (χ3v) is 2.64. The van der Waals surface area contributed by atoms with Gasteiger partial charge in [0.05, 0.1) is 20.3 Å². The third kappa shape index (κ3) is 4.31. The molecule has 0 aliphatic carbocycles. The normalized spacial score (nSPS) is 11.9. The fourth-order valence-corrected chi connectivity index (χ4v) is 1.61. The van der Waals surface area contributed by atoms with E-state index >= 15 is 0 Å². The molecule has 1 rings (SSSR count). The second kappa shape index (κ2) is 7.18. The van der Waals surface area contributed by atoms with Crippen molar-refractivity contribution in [2.75, 3.05) is 14.2 Å². The number of nitrogens with one attached hydrogen (secondary N) is 1. The predicted octanol–water partition coefficient (Wildman–Crippen LogP) is 1.52. The van der Waals surface area contributed by atoms with E-state index in [4.69, 9.17) is 14.6 Å². The third-order valence-electron chi connectivity index (χ3n) is 2.64. The molecule has 0 fully saturated rings. The predicted molar refractivity (Wildman–Crippen MR) is 72.9 cm³/mol. The molecule has 0 saturated heterocycles. The van der Waals surface area contributed by atoms with Gasteiger partial charge in [0, 0.05) is 12.2 Å². The summed E-state index contributed by atoms with van der Waals surface area (Å²) in [5.74, 6) is -0.485. The van der Waals surface area contributed by atoms with Crippen molar-refractivity contribution in [2.24, 2.45) is 0 Å². The summed E-state index contributed by atoms with van der Waals surface area (Å²) >= 11 is 0. The molecule has 0 radical (unpaired) electrons. The SMILES string of the molecule is COc1ccc(C(C)NC(=O)C=CC(=O)O)cc1OC. The summed E-state index contributed by atoms with van der Waals surface area (Å²) in [6.45, 7) is 1.79. The zero-order chi connectivity index (χ0) is 15.1. The molecule has 2 N–H and O–H groups in total. The smallest absolute Gasteiger partial charge is 0.328 e. The van der Waals surface area contributed by atoms with Crippen LogP contribution in [-0.2, 0) is 9.59 Å². The summed E-state index contributed by atoms with van der Waals surface area (Å²) in [4.78, 5) is 21.8. The van der Waals surface area contributed by atoms with Crippen molar-refractivity contribution in [3.63, 3.8) is 0 Å². The van der Waals surface area contributed by atoms with E-state index in [1.165, 1.54) is 7.11 Å². The van der Waals surface area contributed by atoms with Crippen LogP contribution in [0.15, 0.2) is 30.4 Å². The topological polar surface area (TPSA) is 84.9 Å². The van der Waals surface area contributed by atoms with Gasteiger partial charge in [0.15, 0.2) is 11.5 Å². The Bertz CT molecular complexity index is 524. The van der Waals surface area contributed by atoms with E-state index in [9.17, 15) is 9.59 Å². The van der Waals surface area contributed by atoms with Gasteiger partial charge in [-0.1, -0.05) is 6.07 Å². The first kappa shape index (κ1) is 15.6. The van der Waals surface area contributed by atoms with Crippen molar-refractivity contribution in [1.82, 2.24) is 5.32 Å². The first-order chi connectivity index (χ1) is 9.47. The van der Waals surface area contributed by atoms with Crippen LogP contribution in [0.5, 0.6) is 11.5 Å². The standard InChI is InChI=1S/C14H17NO5/c1-9(15-13(16)6-7-14(17)18)10-4-5-11(19-2)12(8-10)20-3/h4-9H,1-3H3,(H,15,16)(H,17,18). The van der Waals surface area contributed by atoms with Gasteiger partial charge in [0.1, 0.15) is 0 Å². The van der Waals surface area contributed by atoms with Crippen molar-refractivity contribution in [1.29, 1.82) is 0 Å². The number of methoxy groups -OCH3 is 2. The molecule has 108 valence electrons. The Morgan fingerprint density at radius 3 is 2.40 bits per heavy atom. The lowest BCUT2D eigenvalue weighted by Gasteiger charge is -2.15. The molecule has 0 aromatic heterocycles. The van der Waals surface area contributed by atoms with E-state index in [1.54, 1.807) is 32.2 Å². The number of amides is 1. The number of ether oxygens (including phenoxy) is 2. The number of aliphatic carboxylic acids is 1. The number of carboxylic acids is 1. The van der Waals surface area contributed by atoms with Crippen LogP contribution < -0.4 is 14.8 Å². The summed E-state index contributed by atoms with van der Waals surface area (Å²) in [5.41, 5.74) is 0.819. The van der Waals surface area contributed by atoms with Gasteiger partial charge in [-0.2, -0.15) is 0 Å². The molecule has 1 amide bonds. The fraction of sp³-hybridized carbons (Fsp3) is 0.286. The number of carbonyl (C=O) groups is 2. The Balaban J connectivity index is 2.79. The molecule has 0 heterocycles. The highest BCUT2D eigenvalue weighted by Gasteiger charge is 2.11. The van der Waals surface area contributed by atoms with Crippen molar-refractivity contribution in [3.05, 3.63) is 35.9 Å². The zero-order valence-electron chi connectivity index (χ0n) is 11.5. The highest BCUT2D eigenvalue weighted by molar-refractivity contribution is 5.94. The van der Waals surface area contributed by atoms with E-state index in [0.717, 1.165) is 17.7 Å². The van der Waals surface area contributed by atoms with E-state index in [2.05, 4.69) is 5.32 Å². The van der Waals surface area contributed by atoms with Gasteiger partial charge in [0.25, 0.3) is 0 Å². The molecule has 0 bridgehead atoms. The Labute approximate surface area is 117 Å². The van der Waals surface area contributed by atoms with Gasteiger partial charge >= 0.3 is 5.97 Å². The average molecular weight is 279 g/mol. The monoisotopic (exact) mass is 279 g/mol. The van der Waals surface area contributed by atoms with Crippen LogP contribution >= 0.6 is 0 Å². The van der Waals surface area contributed by atoms with E-state index in [1.807, 2.05) is 0 Å². The van der Waals surface area contributed by atoms with Crippen LogP contribution in [0.2, 0.25) is 0 Å². The lowest BCUT2D eigenvalue weighted by atomic mass is 10.1. The lowest BCUT2D eigenvalue weighted by Crippen LogP contribution is -2.24. The summed E-state index contributed by atoms with van der Waals surface area (Å²) in [6, 6.07) is 5.00. The molecule has 6 heteroatoms. The van der Waals surface area contributed by atoms with E-state index < -0.39 is 11.9 Å². The fourth-order valence-electron chi connectivity index (χ4n) is 1.61. The van der Waals surface area contributed by atoms with Gasteiger partial charge in [-0.25, -0.2) is 4.79 Å². The van der Waals surface area contributed by atoms with Crippen molar-refractivity contribution in [3.8, 4) is 11.5 Å². The number of hydrogen-bond donors (Lipinski definition) is 2. The number of rotatable bonds is 6. The Morgan fingerprint density at radius 2 is 1.85 bits per heavy atom. The Hall–Kier alpha value is -2.50. The van der Waals surface area contributed by atoms with Crippen molar-refractivity contribution < 1.29 is 24.2 Å². The Kier molecular flexibility index (Phi) is 5.58. The highest BCUT2D eigenvalue weighted by Crippen LogP contribution is 2.29. The molecule has 20 heavy (non-hydrogen) atoms. The van der Waals surface area contributed by atoms with Crippen LogP contribution in [0.3, 0.4) is 0 Å². The van der Waals surface area contributed by atoms with Gasteiger partial charge in [-0.15, -0.1) is 0 Å². The minimum atomic E-state index is -1.17. The van der Waals surface area contributed by atoms with Crippen molar-refractivity contribution >= 4 is 11.9 Å². The first-order valence-corrected chi connectivity index (χ1v) is 5.91. The second-order valence-electron chi connectivity index (χ2n) is 4.02. The zero-order valence-corrected chi connectivity index (χ0v) is 11.5. The molecule has 6 nitrogen and oxygen atoms in total. The molecular formula is C14H17NO5. The molecule has 0 aliphatic rings. The summed E-state index contributed by atoms with van der Waals surface area (Å²) in [7, 11) is 3.07. The summed E-state index contributed by atoms with van der Waals surface area (Å²) < 4.78 is 10.3. The molecular weight excluding hydrogens is 262 g/mol. The minimum Gasteiger partial charge on any atom is -0.493 e. The average Bonchev–Trinajstić information content (AvgIpc) is 2.44. The van der Waals surface area contributed by atoms with Crippen LogP contribution in [-0.4, -0.2) is 31.2 Å². The first-order valence-electron chi connectivity index (χ1n) is 5.91.